The van der Waals surface area contributed by atoms with Gasteiger partial charge in [-0.25, -0.2) is 0 Å². The summed E-state index contributed by atoms with van der Waals surface area (Å²) in [6, 6.07) is 0. The molecule has 2 rings (SSSR count). The van der Waals surface area contributed by atoms with Gasteiger partial charge in [-0.2, -0.15) is 0 Å². The van der Waals surface area contributed by atoms with Gasteiger partial charge in [-0.15, -0.1) is 0 Å². The maximum Gasteiger partial charge on any atom is 0.173 e. The van der Waals surface area contributed by atoms with Crippen molar-refractivity contribution in [1.82, 2.24) is 0 Å². The van der Waals surface area contributed by atoms with E-state index in [4.69, 9.17) is 9.05 Å². The van der Waals surface area contributed by atoms with Gasteiger partial charge in [-0.3, -0.25) is 0 Å². The van der Waals surface area contributed by atoms with Crippen LogP contribution in [0.5, 0.6) is 0 Å². The zero-order valence-corrected chi connectivity index (χ0v) is 8.72. The average molecular weight is 188 g/mol. The fourth-order valence-corrected chi connectivity index (χ4v) is 4.59. The normalized spacial score (nSPS) is 39.8. The summed E-state index contributed by atoms with van der Waals surface area (Å²) in [6.07, 6.45) is 5.67. The molecule has 0 spiro atoms. The minimum atomic E-state index is -0.572. The minimum Gasteiger partial charge on any atom is -0.337 e. The highest BCUT2D eigenvalue weighted by Crippen LogP contribution is 2.58. The van der Waals surface area contributed by atoms with Crippen molar-refractivity contribution in [2.45, 2.75) is 31.3 Å². The zero-order valence-electron chi connectivity index (χ0n) is 7.82. The predicted molar refractivity (Wildman–Crippen MR) is 50.2 cm³/mol. The molecule has 70 valence electrons. The van der Waals surface area contributed by atoms with Crippen LogP contribution in [0.3, 0.4) is 0 Å². The first-order chi connectivity index (χ1) is 5.85. The first-order valence-corrected chi connectivity index (χ1v) is 5.97. The van der Waals surface area contributed by atoms with Gasteiger partial charge in [0.2, 0.25) is 0 Å². The van der Waals surface area contributed by atoms with Crippen LogP contribution in [0.2, 0.25) is 0 Å². The lowest BCUT2D eigenvalue weighted by Crippen LogP contribution is -2.15. The van der Waals surface area contributed by atoms with Crippen molar-refractivity contribution in [2.24, 2.45) is 11.8 Å². The van der Waals surface area contributed by atoms with Gasteiger partial charge in [0.15, 0.2) is 8.38 Å². The van der Waals surface area contributed by atoms with Gasteiger partial charge in [-0.1, -0.05) is 6.42 Å². The van der Waals surface area contributed by atoms with Crippen LogP contribution >= 0.6 is 8.38 Å². The monoisotopic (exact) mass is 188 g/mol. The molecule has 0 saturated heterocycles. The molecule has 0 amide bonds. The summed E-state index contributed by atoms with van der Waals surface area (Å²) < 4.78 is 10.8. The maximum atomic E-state index is 5.38. The van der Waals surface area contributed by atoms with Gasteiger partial charge in [0.1, 0.15) is 0 Å². The summed E-state index contributed by atoms with van der Waals surface area (Å²) in [5.74, 6) is 1.91. The van der Waals surface area contributed by atoms with Gasteiger partial charge < -0.3 is 9.05 Å². The fraction of sp³-hybridized carbons (Fsp3) is 1.00. The van der Waals surface area contributed by atoms with Crippen LogP contribution in [0.1, 0.15) is 25.7 Å². The molecule has 3 atom stereocenters. The number of fused-ring (bicyclic) bond motifs is 2. The van der Waals surface area contributed by atoms with E-state index in [0.29, 0.717) is 0 Å². The SMILES string of the molecule is COP(OC)[C@H]1C[C@H]2CC[C@@H]1C2. The Hall–Kier alpha value is 0.350. The maximum absolute atomic E-state index is 5.38. The second-order valence-corrected chi connectivity index (χ2v) is 5.86. The molecule has 0 aromatic rings. The predicted octanol–water partition coefficient (Wildman–Crippen LogP) is 2.78. The minimum absolute atomic E-state index is 0.572. The Kier molecular flexibility index (Phi) is 2.69. The molecular weight excluding hydrogens is 171 g/mol. The molecule has 0 aliphatic heterocycles. The Bertz CT molecular complexity index is 159. The molecule has 2 aliphatic carbocycles. The van der Waals surface area contributed by atoms with Crippen molar-refractivity contribution in [1.29, 1.82) is 0 Å². The molecule has 0 radical (unpaired) electrons. The molecule has 0 unspecified atom stereocenters. The van der Waals surface area contributed by atoms with Gasteiger partial charge in [0.25, 0.3) is 0 Å². The van der Waals surface area contributed by atoms with Crippen molar-refractivity contribution in [3.8, 4) is 0 Å². The topological polar surface area (TPSA) is 18.5 Å². The molecule has 12 heavy (non-hydrogen) atoms. The largest absolute Gasteiger partial charge is 0.337 e. The van der Waals surface area contributed by atoms with Crippen LogP contribution in [-0.4, -0.2) is 19.9 Å². The van der Waals surface area contributed by atoms with Crippen LogP contribution in [-0.2, 0) is 9.05 Å². The zero-order chi connectivity index (χ0) is 8.55. The lowest BCUT2D eigenvalue weighted by molar-refractivity contribution is 0.313. The van der Waals surface area contributed by atoms with E-state index in [1.54, 1.807) is 14.2 Å². The fourth-order valence-electron chi connectivity index (χ4n) is 2.81. The standard InChI is InChI=1S/C9H17O2P/c1-10-12(11-2)9-6-7-3-4-8(9)5-7/h7-9H,3-6H2,1-2H3/t7-,8+,9-/m0/s1. The van der Waals surface area contributed by atoms with Crippen LogP contribution in [0.25, 0.3) is 0 Å². The summed E-state index contributed by atoms with van der Waals surface area (Å²) in [6.45, 7) is 0. The third kappa shape index (κ3) is 1.41. The second kappa shape index (κ2) is 3.61. The van der Waals surface area contributed by atoms with Gasteiger partial charge in [0.05, 0.1) is 0 Å². The highest BCUT2D eigenvalue weighted by atomic mass is 31.2. The average Bonchev–Trinajstić information content (AvgIpc) is 2.67. The Balaban J connectivity index is 1.96. The first kappa shape index (κ1) is 8.93. The molecule has 2 nitrogen and oxygen atoms in total. The summed E-state index contributed by atoms with van der Waals surface area (Å²) in [5, 5.41) is 0. The van der Waals surface area contributed by atoms with E-state index in [1.807, 2.05) is 0 Å². The first-order valence-electron chi connectivity index (χ1n) is 4.72. The lowest BCUT2D eigenvalue weighted by Gasteiger charge is -2.26. The van der Waals surface area contributed by atoms with E-state index in [0.717, 1.165) is 17.5 Å². The molecule has 2 saturated carbocycles. The van der Waals surface area contributed by atoms with E-state index in [1.165, 1.54) is 25.7 Å². The van der Waals surface area contributed by atoms with Crippen LogP contribution in [0.15, 0.2) is 0 Å². The second-order valence-electron chi connectivity index (χ2n) is 3.89. The third-order valence-corrected chi connectivity index (χ3v) is 5.23. The van der Waals surface area contributed by atoms with Crippen molar-refractivity contribution >= 4 is 8.38 Å². The van der Waals surface area contributed by atoms with Crippen molar-refractivity contribution < 1.29 is 9.05 Å². The molecule has 0 aromatic heterocycles. The van der Waals surface area contributed by atoms with Gasteiger partial charge in [0, 0.05) is 19.9 Å². The van der Waals surface area contributed by atoms with Crippen LogP contribution < -0.4 is 0 Å². The number of hydrogen-bond donors (Lipinski definition) is 0. The summed E-state index contributed by atoms with van der Waals surface area (Å²) >= 11 is 0. The molecule has 2 bridgehead atoms. The van der Waals surface area contributed by atoms with Crippen molar-refractivity contribution in [3.05, 3.63) is 0 Å². The molecule has 2 aliphatic rings. The lowest BCUT2D eigenvalue weighted by atomic mass is 10.0. The smallest absolute Gasteiger partial charge is 0.173 e. The quantitative estimate of drug-likeness (QED) is 0.634. The van der Waals surface area contributed by atoms with E-state index in [-0.39, 0.29) is 0 Å². The Morgan fingerprint density at radius 2 is 1.83 bits per heavy atom. The van der Waals surface area contributed by atoms with Crippen molar-refractivity contribution in [3.63, 3.8) is 0 Å². The Morgan fingerprint density at radius 3 is 2.25 bits per heavy atom. The molecule has 2 fully saturated rings. The van der Waals surface area contributed by atoms with E-state index in [9.17, 15) is 0 Å². The number of hydrogen-bond acceptors (Lipinski definition) is 2. The van der Waals surface area contributed by atoms with Crippen molar-refractivity contribution in [2.75, 3.05) is 14.2 Å². The molecule has 3 heteroatoms. The van der Waals surface area contributed by atoms with Gasteiger partial charge in [-0.05, 0) is 31.1 Å². The van der Waals surface area contributed by atoms with E-state index < -0.39 is 8.38 Å². The molecular formula is C9H17O2P. The van der Waals surface area contributed by atoms with E-state index in [2.05, 4.69) is 0 Å². The summed E-state index contributed by atoms with van der Waals surface area (Å²) in [4.78, 5) is 0. The van der Waals surface area contributed by atoms with Gasteiger partial charge >= 0.3 is 0 Å². The molecule has 0 N–H and O–H groups in total. The van der Waals surface area contributed by atoms with Crippen LogP contribution in [0, 0.1) is 11.8 Å². The highest BCUT2D eigenvalue weighted by Gasteiger charge is 2.44. The number of rotatable bonds is 3. The molecule has 0 heterocycles. The third-order valence-electron chi connectivity index (χ3n) is 3.33. The van der Waals surface area contributed by atoms with Crippen LogP contribution in [0.4, 0.5) is 0 Å². The summed E-state index contributed by atoms with van der Waals surface area (Å²) in [7, 11) is 2.99. The molecule has 0 aromatic carbocycles. The highest BCUT2D eigenvalue weighted by molar-refractivity contribution is 7.48. The Morgan fingerprint density at radius 1 is 1.08 bits per heavy atom. The Labute approximate surface area is 75.5 Å². The summed E-state index contributed by atoms with van der Waals surface area (Å²) in [5.41, 5.74) is 0.744. The van der Waals surface area contributed by atoms with E-state index >= 15 is 0 Å².